The van der Waals surface area contributed by atoms with Crippen LogP contribution in [0.1, 0.15) is 10.4 Å². The first-order valence-electron chi connectivity index (χ1n) is 7.44. The Kier molecular flexibility index (Phi) is 10.1. The van der Waals surface area contributed by atoms with Gasteiger partial charge in [-0.2, -0.15) is 0 Å². The number of hydrogen-bond donors (Lipinski definition) is 2. The lowest BCUT2D eigenvalue weighted by Crippen LogP contribution is -2.28. The van der Waals surface area contributed by atoms with E-state index in [0.29, 0.717) is 51.0 Å². The third-order valence-corrected chi connectivity index (χ3v) is 2.83. The first-order valence-corrected chi connectivity index (χ1v) is 7.44. The molecule has 1 aromatic carbocycles. The van der Waals surface area contributed by atoms with Crippen LogP contribution >= 0.6 is 0 Å². The monoisotopic (exact) mass is 320 g/mol. The van der Waals surface area contributed by atoms with Crippen molar-refractivity contribution in [3.8, 4) is 0 Å². The summed E-state index contributed by atoms with van der Waals surface area (Å²) in [4.78, 5) is 19.3. The van der Waals surface area contributed by atoms with E-state index in [4.69, 9.17) is 9.47 Å². The second kappa shape index (κ2) is 12.3. The van der Waals surface area contributed by atoms with E-state index in [1.54, 1.807) is 19.2 Å². The van der Waals surface area contributed by atoms with Gasteiger partial charge in [-0.15, -0.1) is 0 Å². The van der Waals surface area contributed by atoms with E-state index in [0.717, 1.165) is 0 Å². The van der Waals surface area contributed by atoms with E-state index in [1.165, 1.54) is 0 Å². The number of rotatable bonds is 10. The van der Waals surface area contributed by atoms with E-state index in [-0.39, 0.29) is 5.91 Å². The zero-order valence-corrected chi connectivity index (χ0v) is 13.5. The number of carbonyl (C=O) groups is 1. The maximum absolute atomic E-state index is 11.7. The van der Waals surface area contributed by atoms with Crippen LogP contribution in [-0.4, -0.2) is 65.1 Å². The maximum atomic E-state index is 11.7. The number of carbonyl (C=O) groups excluding carboxylic acids is 1. The molecule has 0 aliphatic carbocycles. The van der Waals surface area contributed by atoms with Crippen molar-refractivity contribution in [1.82, 2.24) is 10.6 Å². The summed E-state index contributed by atoms with van der Waals surface area (Å²) in [5, 5.41) is 5.76. The Bertz CT molecular complexity index is 491. The smallest absolute Gasteiger partial charge is 0.251 e. The molecule has 0 saturated carbocycles. The molecule has 126 valence electrons. The van der Waals surface area contributed by atoms with Crippen molar-refractivity contribution in [2.75, 3.05) is 46.6 Å². The third-order valence-electron chi connectivity index (χ3n) is 2.83. The summed E-state index contributed by atoms with van der Waals surface area (Å²) in [5.74, 6) is 0.403. The Morgan fingerprint density at radius 3 is 2.22 bits per heavy atom. The van der Waals surface area contributed by atoms with E-state index in [9.17, 15) is 4.79 Å². The number of nitrogens with one attached hydrogen (secondary N) is 2. The molecule has 7 nitrogen and oxygen atoms in total. The van der Waals surface area contributed by atoms with Gasteiger partial charge in [0.1, 0.15) is 0 Å². The summed E-state index contributed by atoms with van der Waals surface area (Å²) >= 11 is 0. The van der Waals surface area contributed by atoms with Crippen LogP contribution in [0.4, 0.5) is 0 Å². The molecular weight excluding hydrogens is 296 g/mol. The SMILES string of the molecule is C=NC(=NC)NCCOCCOCCNC(=O)c1ccccc1. The molecule has 0 bridgehead atoms. The highest BCUT2D eigenvalue weighted by Crippen LogP contribution is 1.97. The minimum absolute atomic E-state index is 0.0965. The summed E-state index contributed by atoms with van der Waals surface area (Å²) in [6, 6.07) is 9.08. The van der Waals surface area contributed by atoms with Crippen molar-refractivity contribution in [2.24, 2.45) is 9.98 Å². The van der Waals surface area contributed by atoms with Gasteiger partial charge in [-0.1, -0.05) is 18.2 Å². The molecule has 1 amide bonds. The molecule has 0 spiro atoms. The van der Waals surface area contributed by atoms with Gasteiger partial charge in [0.2, 0.25) is 5.96 Å². The van der Waals surface area contributed by atoms with Crippen molar-refractivity contribution in [3.05, 3.63) is 35.9 Å². The zero-order chi connectivity index (χ0) is 16.8. The molecule has 0 fully saturated rings. The number of benzene rings is 1. The van der Waals surface area contributed by atoms with E-state index >= 15 is 0 Å². The highest BCUT2D eigenvalue weighted by Gasteiger charge is 2.02. The average Bonchev–Trinajstić information content (AvgIpc) is 2.60. The normalized spacial score (nSPS) is 11.1. The highest BCUT2D eigenvalue weighted by molar-refractivity contribution is 5.94. The molecule has 0 aliphatic rings. The van der Waals surface area contributed by atoms with Crippen LogP contribution in [0.15, 0.2) is 40.3 Å². The van der Waals surface area contributed by atoms with Crippen LogP contribution < -0.4 is 10.6 Å². The number of nitrogens with zero attached hydrogens (tertiary/aromatic N) is 2. The van der Waals surface area contributed by atoms with Gasteiger partial charge in [-0.25, -0.2) is 4.99 Å². The Balaban J connectivity index is 1.92. The van der Waals surface area contributed by atoms with Crippen LogP contribution in [-0.2, 0) is 9.47 Å². The largest absolute Gasteiger partial charge is 0.377 e. The van der Waals surface area contributed by atoms with Gasteiger partial charge >= 0.3 is 0 Å². The Morgan fingerprint density at radius 2 is 1.65 bits per heavy atom. The topological polar surface area (TPSA) is 84.3 Å². The molecule has 7 heteroatoms. The van der Waals surface area contributed by atoms with Gasteiger partial charge in [0.25, 0.3) is 5.91 Å². The van der Waals surface area contributed by atoms with E-state index in [1.807, 2.05) is 18.2 Å². The van der Waals surface area contributed by atoms with Gasteiger partial charge < -0.3 is 20.1 Å². The molecule has 1 rings (SSSR count). The highest BCUT2D eigenvalue weighted by atomic mass is 16.5. The molecule has 23 heavy (non-hydrogen) atoms. The summed E-state index contributed by atoms with van der Waals surface area (Å²) in [7, 11) is 1.64. The minimum atomic E-state index is -0.0965. The second-order valence-corrected chi connectivity index (χ2v) is 4.48. The maximum Gasteiger partial charge on any atom is 0.251 e. The molecule has 0 saturated heterocycles. The second-order valence-electron chi connectivity index (χ2n) is 4.48. The lowest BCUT2D eigenvalue weighted by atomic mass is 10.2. The minimum Gasteiger partial charge on any atom is -0.377 e. The third kappa shape index (κ3) is 8.70. The fourth-order valence-electron chi connectivity index (χ4n) is 1.69. The lowest BCUT2D eigenvalue weighted by molar-refractivity contribution is 0.0502. The summed E-state index contributed by atoms with van der Waals surface area (Å²) < 4.78 is 10.8. The molecule has 0 atom stereocenters. The van der Waals surface area contributed by atoms with E-state index in [2.05, 4.69) is 27.3 Å². The fourth-order valence-corrected chi connectivity index (χ4v) is 1.69. The molecule has 2 N–H and O–H groups in total. The number of aliphatic imine (C=N–C) groups is 2. The molecule has 0 aliphatic heterocycles. The zero-order valence-electron chi connectivity index (χ0n) is 13.5. The molecule has 0 radical (unpaired) electrons. The van der Waals surface area contributed by atoms with Gasteiger partial charge in [0.15, 0.2) is 0 Å². The molecular formula is C16H24N4O3. The summed E-state index contributed by atoms with van der Waals surface area (Å²) in [6.45, 7) is 6.42. The number of amides is 1. The summed E-state index contributed by atoms with van der Waals surface area (Å²) in [6.07, 6.45) is 0. The van der Waals surface area contributed by atoms with Crippen LogP contribution in [0.25, 0.3) is 0 Å². The lowest BCUT2D eigenvalue weighted by Gasteiger charge is -2.08. The van der Waals surface area contributed by atoms with Crippen molar-refractivity contribution in [1.29, 1.82) is 0 Å². The van der Waals surface area contributed by atoms with Gasteiger partial charge in [0, 0.05) is 25.7 Å². The van der Waals surface area contributed by atoms with Crippen LogP contribution in [0, 0.1) is 0 Å². The first kappa shape index (κ1) is 18.8. The van der Waals surface area contributed by atoms with Crippen molar-refractivity contribution < 1.29 is 14.3 Å². The van der Waals surface area contributed by atoms with Crippen LogP contribution in [0.5, 0.6) is 0 Å². The number of ether oxygens (including phenoxy) is 2. The van der Waals surface area contributed by atoms with Crippen molar-refractivity contribution in [3.63, 3.8) is 0 Å². The van der Waals surface area contributed by atoms with Crippen molar-refractivity contribution >= 4 is 18.6 Å². The molecule has 0 heterocycles. The Hall–Kier alpha value is -2.25. The Labute approximate surface area is 136 Å². The van der Waals surface area contributed by atoms with Crippen molar-refractivity contribution in [2.45, 2.75) is 0 Å². The van der Waals surface area contributed by atoms with Gasteiger partial charge in [-0.3, -0.25) is 9.79 Å². The van der Waals surface area contributed by atoms with Crippen LogP contribution in [0.3, 0.4) is 0 Å². The fraction of sp³-hybridized carbons (Fsp3) is 0.438. The summed E-state index contributed by atoms with van der Waals surface area (Å²) in [5.41, 5.74) is 0.646. The first-order chi connectivity index (χ1) is 11.3. The quantitative estimate of drug-likeness (QED) is 0.378. The van der Waals surface area contributed by atoms with Gasteiger partial charge in [0.05, 0.1) is 26.4 Å². The predicted molar refractivity (Wildman–Crippen MR) is 91.3 cm³/mol. The van der Waals surface area contributed by atoms with Gasteiger partial charge in [-0.05, 0) is 18.9 Å². The number of hydrogen-bond acceptors (Lipinski definition) is 4. The standard InChI is InChI=1S/C16H24N4O3/c1-17-16(18-2)20-9-11-23-13-12-22-10-8-19-15(21)14-6-4-3-5-7-14/h3-7H,1,8-13H2,2H3,(H,18,20)(H,19,21). The Morgan fingerprint density at radius 1 is 1.04 bits per heavy atom. The number of guanidine groups is 1. The molecule has 1 aromatic rings. The molecule has 0 aromatic heterocycles. The molecule has 0 unspecified atom stereocenters. The average molecular weight is 320 g/mol. The predicted octanol–water partition coefficient (Wildman–Crippen LogP) is 0.726. The van der Waals surface area contributed by atoms with Crippen LogP contribution in [0.2, 0.25) is 0 Å². The van der Waals surface area contributed by atoms with E-state index < -0.39 is 0 Å².